The zero-order valence-corrected chi connectivity index (χ0v) is 15.8. The fourth-order valence-electron chi connectivity index (χ4n) is 3.51. The number of H-pyrrole nitrogens is 1. The second-order valence-corrected chi connectivity index (χ2v) is 7.31. The van der Waals surface area contributed by atoms with E-state index in [1.807, 2.05) is 0 Å². The first-order chi connectivity index (χ1) is 13.8. The van der Waals surface area contributed by atoms with Crippen molar-refractivity contribution in [3.8, 4) is 11.1 Å². The van der Waals surface area contributed by atoms with Crippen molar-refractivity contribution in [3.63, 3.8) is 0 Å². The van der Waals surface area contributed by atoms with Gasteiger partial charge in [0.1, 0.15) is 5.69 Å². The number of hydrogen-bond donors (Lipinski definition) is 2. The maximum atomic E-state index is 12.7. The number of piperidine rings is 1. The average Bonchev–Trinajstić information content (AvgIpc) is 3.12. The van der Waals surface area contributed by atoms with Gasteiger partial charge in [0.15, 0.2) is 5.69 Å². The number of rotatable bonds is 3. The summed E-state index contributed by atoms with van der Waals surface area (Å²) in [6.45, 7) is 1.86. The Hall–Kier alpha value is -2.94. The Morgan fingerprint density at radius 2 is 1.90 bits per heavy atom. The van der Waals surface area contributed by atoms with Crippen LogP contribution in [0.1, 0.15) is 29.0 Å². The molecule has 2 aromatic heterocycles. The molecule has 1 saturated heterocycles. The van der Waals surface area contributed by atoms with Crippen LogP contribution in [0.15, 0.2) is 36.5 Å². The zero-order valence-electron chi connectivity index (χ0n) is 15.8. The Morgan fingerprint density at radius 1 is 1.17 bits per heavy atom. The predicted molar refractivity (Wildman–Crippen MR) is 102 cm³/mol. The molecular formula is C20H20F3N5O. The van der Waals surface area contributed by atoms with Gasteiger partial charge in [-0.2, -0.15) is 18.3 Å². The minimum Gasteiger partial charge on any atom is -0.348 e. The molecule has 2 N–H and O–H groups in total. The molecule has 0 atom stereocenters. The highest BCUT2D eigenvalue weighted by molar-refractivity contribution is 6.05. The summed E-state index contributed by atoms with van der Waals surface area (Å²) in [6.07, 6.45) is -1.53. The van der Waals surface area contributed by atoms with Gasteiger partial charge in [-0.25, -0.2) is 0 Å². The second kappa shape index (κ2) is 7.47. The molecule has 6 nitrogen and oxygen atoms in total. The lowest BCUT2D eigenvalue weighted by molar-refractivity contribution is -0.141. The third-order valence-electron chi connectivity index (χ3n) is 5.22. The summed E-state index contributed by atoms with van der Waals surface area (Å²) in [5, 5.41) is 10.6. The van der Waals surface area contributed by atoms with Crippen LogP contribution in [0.4, 0.5) is 13.2 Å². The van der Waals surface area contributed by atoms with E-state index in [-0.39, 0.29) is 17.6 Å². The molecule has 1 aliphatic rings. The topological polar surface area (TPSA) is 73.9 Å². The maximum absolute atomic E-state index is 12.7. The van der Waals surface area contributed by atoms with Crippen LogP contribution < -0.4 is 5.32 Å². The van der Waals surface area contributed by atoms with Gasteiger partial charge in [0.2, 0.25) is 0 Å². The highest BCUT2D eigenvalue weighted by atomic mass is 19.4. The molecule has 1 fully saturated rings. The van der Waals surface area contributed by atoms with Gasteiger partial charge in [0, 0.05) is 23.2 Å². The summed E-state index contributed by atoms with van der Waals surface area (Å²) < 4.78 is 38.2. The molecule has 0 aliphatic carbocycles. The first-order valence-electron chi connectivity index (χ1n) is 9.32. The van der Waals surface area contributed by atoms with E-state index in [1.165, 1.54) is 12.3 Å². The van der Waals surface area contributed by atoms with E-state index >= 15 is 0 Å². The molecule has 0 unspecified atom stereocenters. The van der Waals surface area contributed by atoms with Crippen molar-refractivity contribution in [2.75, 3.05) is 20.1 Å². The monoisotopic (exact) mass is 403 g/mol. The molecule has 3 aromatic rings. The Bertz CT molecular complexity index is 1020. The Kier molecular flexibility index (Phi) is 4.99. The highest BCUT2D eigenvalue weighted by Gasteiger charge is 2.32. The van der Waals surface area contributed by atoms with Crippen molar-refractivity contribution < 1.29 is 18.0 Å². The lowest BCUT2D eigenvalue weighted by Crippen LogP contribution is -2.43. The fourth-order valence-corrected chi connectivity index (χ4v) is 3.51. The standard InChI is InChI=1S/C20H20F3N5O/c1-28-8-6-14(7-9-28)25-19(29)18-15-10-12(2-4-16(15)26-27-18)13-3-5-17(24-11-13)20(21,22)23/h2-5,10-11,14H,6-9H2,1H3,(H,25,29)(H,26,27). The number of aromatic nitrogens is 3. The third-order valence-corrected chi connectivity index (χ3v) is 5.22. The van der Waals surface area contributed by atoms with Crippen LogP contribution in [0, 0.1) is 0 Å². The van der Waals surface area contributed by atoms with Crippen LogP contribution in [0.3, 0.4) is 0 Å². The summed E-state index contributed by atoms with van der Waals surface area (Å²) in [5.74, 6) is -0.256. The number of fused-ring (bicyclic) bond motifs is 1. The Labute approximate surface area is 165 Å². The molecule has 152 valence electrons. The van der Waals surface area contributed by atoms with E-state index in [0.717, 1.165) is 32.0 Å². The Morgan fingerprint density at radius 3 is 2.55 bits per heavy atom. The molecular weight excluding hydrogens is 383 g/mol. The number of aromatic amines is 1. The number of carbonyl (C=O) groups is 1. The van der Waals surface area contributed by atoms with E-state index in [2.05, 4.69) is 32.4 Å². The number of nitrogens with one attached hydrogen (secondary N) is 2. The van der Waals surface area contributed by atoms with Gasteiger partial charge in [-0.1, -0.05) is 12.1 Å². The van der Waals surface area contributed by atoms with Crippen molar-refractivity contribution in [3.05, 3.63) is 47.9 Å². The van der Waals surface area contributed by atoms with Crippen LogP contribution >= 0.6 is 0 Å². The van der Waals surface area contributed by atoms with E-state index in [1.54, 1.807) is 18.2 Å². The smallest absolute Gasteiger partial charge is 0.348 e. The van der Waals surface area contributed by atoms with Crippen molar-refractivity contribution in [2.45, 2.75) is 25.1 Å². The number of nitrogens with zero attached hydrogens (tertiary/aromatic N) is 3. The molecule has 1 aliphatic heterocycles. The lowest BCUT2D eigenvalue weighted by Gasteiger charge is -2.29. The maximum Gasteiger partial charge on any atom is 0.433 e. The predicted octanol–water partition coefficient (Wildman–Crippen LogP) is 3.47. The Balaban J connectivity index is 1.58. The summed E-state index contributed by atoms with van der Waals surface area (Å²) in [5.41, 5.74) is 1.21. The minimum absolute atomic E-state index is 0.104. The van der Waals surface area contributed by atoms with Gasteiger partial charge < -0.3 is 10.2 Å². The molecule has 1 amide bonds. The van der Waals surface area contributed by atoms with Crippen LogP contribution in [-0.2, 0) is 6.18 Å². The van der Waals surface area contributed by atoms with Crippen molar-refractivity contribution in [1.82, 2.24) is 25.4 Å². The number of benzene rings is 1. The molecule has 0 bridgehead atoms. The van der Waals surface area contributed by atoms with E-state index < -0.39 is 11.9 Å². The van der Waals surface area contributed by atoms with E-state index in [4.69, 9.17) is 0 Å². The molecule has 0 saturated carbocycles. The summed E-state index contributed by atoms with van der Waals surface area (Å²) in [6, 6.07) is 7.67. The second-order valence-electron chi connectivity index (χ2n) is 7.31. The number of halogens is 3. The summed E-state index contributed by atoms with van der Waals surface area (Å²) in [7, 11) is 2.05. The van der Waals surface area contributed by atoms with E-state index in [9.17, 15) is 18.0 Å². The SMILES string of the molecule is CN1CCC(NC(=O)c2n[nH]c3ccc(-c4ccc(C(F)(F)F)nc4)cc23)CC1. The average molecular weight is 403 g/mol. The van der Waals surface area contributed by atoms with Gasteiger partial charge in [-0.3, -0.25) is 14.9 Å². The molecule has 29 heavy (non-hydrogen) atoms. The largest absolute Gasteiger partial charge is 0.433 e. The number of likely N-dealkylation sites (tertiary alicyclic amines) is 1. The molecule has 3 heterocycles. The zero-order chi connectivity index (χ0) is 20.6. The molecule has 1 aromatic carbocycles. The number of hydrogen-bond acceptors (Lipinski definition) is 4. The lowest BCUT2D eigenvalue weighted by atomic mass is 10.0. The fraction of sp³-hybridized carbons (Fsp3) is 0.350. The first-order valence-corrected chi connectivity index (χ1v) is 9.32. The van der Waals surface area contributed by atoms with Gasteiger partial charge >= 0.3 is 6.18 Å². The minimum atomic E-state index is -4.48. The third kappa shape index (κ3) is 4.09. The molecule has 4 rings (SSSR count). The number of alkyl halides is 3. The first kappa shape index (κ1) is 19.4. The van der Waals surface area contributed by atoms with Crippen LogP contribution in [0.5, 0.6) is 0 Å². The normalized spacial score (nSPS) is 16.3. The van der Waals surface area contributed by atoms with Gasteiger partial charge in [0.25, 0.3) is 5.91 Å². The number of pyridine rings is 1. The molecule has 0 radical (unpaired) electrons. The van der Waals surface area contributed by atoms with Gasteiger partial charge in [-0.05, 0) is 56.7 Å². The van der Waals surface area contributed by atoms with Crippen LogP contribution in [0.25, 0.3) is 22.0 Å². The van der Waals surface area contributed by atoms with Gasteiger partial charge in [0.05, 0.1) is 5.52 Å². The summed E-state index contributed by atoms with van der Waals surface area (Å²) >= 11 is 0. The van der Waals surface area contributed by atoms with Crippen molar-refractivity contribution in [1.29, 1.82) is 0 Å². The highest BCUT2D eigenvalue weighted by Crippen LogP contribution is 2.30. The van der Waals surface area contributed by atoms with Crippen molar-refractivity contribution >= 4 is 16.8 Å². The van der Waals surface area contributed by atoms with Crippen LogP contribution in [0.2, 0.25) is 0 Å². The number of amides is 1. The number of carbonyl (C=O) groups excluding carboxylic acids is 1. The van der Waals surface area contributed by atoms with E-state index in [0.29, 0.717) is 22.0 Å². The van der Waals surface area contributed by atoms with Crippen molar-refractivity contribution in [2.24, 2.45) is 0 Å². The summed E-state index contributed by atoms with van der Waals surface area (Å²) in [4.78, 5) is 18.5. The quantitative estimate of drug-likeness (QED) is 0.702. The van der Waals surface area contributed by atoms with Gasteiger partial charge in [-0.15, -0.1) is 0 Å². The molecule has 9 heteroatoms. The molecule has 0 spiro atoms. The van der Waals surface area contributed by atoms with Crippen LogP contribution in [-0.4, -0.2) is 52.2 Å².